The Balaban J connectivity index is 1.69. The fourth-order valence-electron chi connectivity index (χ4n) is 3.37. The van der Waals surface area contributed by atoms with Gasteiger partial charge in [-0.25, -0.2) is 8.42 Å². The summed E-state index contributed by atoms with van der Waals surface area (Å²) >= 11 is 0. The van der Waals surface area contributed by atoms with Gasteiger partial charge < -0.3 is 5.32 Å². The highest BCUT2D eigenvalue weighted by Gasteiger charge is 2.34. The van der Waals surface area contributed by atoms with Crippen molar-refractivity contribution in [2.75, 3.05) is 16.6 Å². The highest BCUT2D eigenvalue weighted by molar-refractivity contribution is 7.92. The smallest absolute Gasteiger partial charge is 0.251 e. The molecular weight excluding hydrogens is 348 g/mol. The average molecular weight is 372 g/mol. The van der Waals surface area contributed by atoms with Crippen LogP contribution in [0.2, 0.25) is 0 Å². The first-order valence-corrected chi connectivity index (χ1v) is 10.5. The first kappa shape index (κ1) is 18.5. The molecule has 1 aliphatic rings. The molecule has 1 atom stereocenters. The normalized spacial score (nSPS) is 16.4. The summed E-state index contributed by atoms with van der Waals surface area (Å²) < 4.78 is 26.1. The molecule has 0 spiro atoms. The van der Waals surface area contributed by atoms with Crippen LogP contribution in [0.1, 0.15) is 35.3 Å². The lowest BCUT2D eigenvalue weighted by Crippen LogP contribution is -2.36. The molecule has 1 amide bonds. The molecule has 6 heteroatoms. The van der Waals surface area contributed by atoms with E-state index < -0.39 is 10.0 Å². The summed E-state index contributed by atoms with van der Waals surface area (Å²) in [5.41, 5.74) is 3.35. The van der Waals surface area contributed by atoms with Crippen molar-refractivity contribution < 1.29 is 13.2 Å². The van der Waals surface area contributed by atoms with Crippen LogP contribution in [0.15, 0.2) is 48.5 Å². The van der Waals surface area contributed by atoms with Gasteiger partial charge in [0.15, 0.2) is 0 Å². The number of amides is 1. The molecule has 1 heterocycles. The molecule has 26 heavy (non-hydrogen) atoms. The summed E-state index contributed by atoms with van der Waals surface area (Å²) in [6, 6.07) is 15.1. The number of nitrogens with one attached hydrogen (secondary N) is 1. The molecule has 1 N–H and O–H groups in total. The molecule has 3 rings (SSSR count). The molecule has 1 aliphatic heterocycles. The maximum Gasteiger partial charge on any atom is 0.251 e. The summed E-state index contributed by atoms with van der Waals surface area (Å²) in [5.74, 6) is -0.0634. The second kappa shape index (κ2) is 7.50. The van der Waals surface area contributed by atoms with Gasteiger partial charge in [-0.05, 0) is 56.0 Å². The van der Waals surface area contributed by atoms with Crippen LogP contribution in [0.25, 0.3) is 0 Å². The van der Waals surface area contributed by atoms with E-state index in [4.69, 9.17) is 0 Å². The Morgan fingerprint density at radius 3 is 2.62 bits per heavy atom. The summed E-state index contributed by atoms with van der Waals surface area (Å²) in [6.07, 6.45) is 1.40. The van der Waals surface area contributed by atoms with Crippen LogP contribution in [0.3, 0.4) is 0 Å². The molecule has 0 bridgehead atoms. The first-order chi connectivity index (χ1) is 12.4. The van der Waals surface area contributed by atoms with E-state index in [0.29, 0.717) is 24.2 Å². The Hall–Kier alpha value is -2.34. The number of carbonyl (C=O) groups excluding carboxylic acids is 1. The van der Waals surface area contributed by atoms with Crippen LogP contribution in [-0.4, -0.2) is 32.7 Å². The predicted molar refractivity (Wildman–Crippen MR) is 104 cm³/mol. The van der Waals surface area contributed by atoms with Gasteiger partial charge in [0.05, 0.1) is 11.4 Å². The third-order valence-electron chi connectivity index (χ3n) is 4.70. The largest absolute Gasteiger partial charge is 0.352 e. The molecule has 2 aromatic carbocycles. The van der Waals surface area contributed by atoms with Crippen LogP contribution in [0.4, 0.5) is 5.69 Å². The van der Waals surface area contributed by atoms with Crippen molar-refractivity contribution >= 4 is 21.6 Å². The van der Waals surface area contributed by atoms with E-state index in [1.165, 1.54) is 9.87 Å². The predicted octanol–water partition coefficient (Wildman–Crippen LogP) is 2.76. The van der Waals surface area contributed by atoms with Crippen molar-refractivity contribution in [1.82, 2.24) is 5.32 Å². The Morgan fingerprint density at radius 1 is 1.19 bits per heavy atom. The lowest BCUT2D eigenvalue weighted by Gasteiger charge is -2.23. The number of benzene rings is 2. The third kappa shape index (κ3) is 3.75. The summed E-state index contributed by atoms with van der Waals surface area (Å²) in [6.45, 7) is 4.11. The van der Waals surface area contributed by atoms with Crippen LogP contribution in [0.5, 0.6) is 0 Å². The lowest BCUT2D eigenvalue weighted by molar-refractivity contribution is 0.0954. The minimum Gasteiger partial charge on any atom is -0.352 e. The second-order valence-electron chi connectivity index (χ2n) is 6.58. The maximum atomic E-state index is 12.4. The minimum atomic E-state index is -3.31. The standard InChI is InChI=1S/C20H24N2O3S/c1-3-26(24,25)22-15(2)13-18-14-17(9-10-19(18)22)20(23)21-12-11-16-7-5-4-6-8-16/h4-10,14-15H,3,11-13H2,1-2H3,(H,21,23)/t15-/m1/s1. The number of carbonyl (C=O) groups is 1. The van der Waals surface area contributed by atoms with Crippen molar-refractivity contribution in [2.45, 2.75) is 32.7 Å². The zero-order chi connectivity index (χ0) is 18.7. The first-order valence-electron chi connectivity index (χ1n) is 8.89. The van der Waals surface area contributed by atoms with Crippen molar-refractivity contribution in [1.29, 1.82) is 0 Å². The van der Waals surface area contributed by atoms with E-state index in [-0.39, 0.29) is 17.7 Å². The molecule has 2 aromatic rings. The van der Waals surface area contributed by atoms with Gasteiger partial charge in [-0.2, -0.15) is 0 Å². The number of anilines is 1. The fraction of sp³-hybridized carbons (Fsp3) is 0.350. The van der Waals surface area contributed by atoms with Crippen molar-refractivity contribution in [2.24, 2.45) is 0 Å². The highest BCUT2D eigenvalue weighted by atomic mass is 32.2. The van der Waals surface area contributed by atoms with Gasteiger partial charge in [0.1, 0.15) is 0 Å². The monoisotopic (exact) mass is 372 g/mol. The van der Waals surface area contributed by atoms with Gasteiger partial charge in [0.25, 0.3) is 5.91 Å². The Kier molecular flexibility index (Phi) is 5.32. The number of sulfonamides is 1. The molecule has 0 saturated carbocycles. The average Bonchev–Trinajstić information content (AvgIpc) is 2.98. The van der Waals surface area contributed by atoms with Gasteiger partial charge in [0, 0.05) is 18.2 Å². The van der Waals surface area contributed by atoms with Crippen molar-refractivity contribution in [3.63, 3.8) is 0 Å². The van der Waals surface area contributed by atoms with Crippen LogP contribution >= 0.6 is 0 Å². The van der Waals surface area contributed by atoms with E-state index >= 15 is 0 Å². The second-order valence-corrected chi connectivity index (χ2v) is 8.72. The Morgan fingerprint density at radius 2 is 1.92 bits per heavy atom. The molecule has 0 aliphatic carbocycles. The molecule has 138 valence electrons. The van der Waals surface area contributed by atoms with Crippen LogP contribution < -0.4 is 9.62 Å². The maximum absolute atomic E-state index is 12.4. The molecule has 0 fully saturated rings. The Bertz CT molecular complexity index is 895. The third-order valence-corrected chi connectivity index (χ3v) is 6.59. The summed E-state index contributed by atoms with van der Waals surface area (Å²) in [4.78, 5) is 12.4. The molecule has 0 aromatic heterocycles. The van der Waals surface area contributed by atoms with E-state index in [1.807, 2.05) is 43.3 Å². The van der Waals surface area contributed by atoms with E-state index in [2.05, 4.69) is 5.32 Å². The number of hydrogen-bond donors (Lipinski definition) is 1. The van der Waals surface area contributed by atoms with E-state index in [9.17, 15) is 13.2 Å². The van der Waals surface area contributed by atoms with E-state index in [1.54, 1.807) is 19.1 Å². The molecule has 0 unspecified atom stereocenters. The molecule has 5 nitrogen and oxygen atoms in total. The summed E-state index contributed by atoms with van der Waals surface area (Å²) in [5, 5.41) is 2.93. The van der Waals surface area contributed by atoms with Gasteiger partial charge >= 0.3 is 0 Å². The minimum absolute atomic E-state index is 0.0680. The van der Waals surface area contributed by atoms with Crippen LogP contribution in [0, 0.1) is 0 Å². The van der Waals surface area contributed by atoms with Gasteiger partial charge in [0.2, 0.25) is 10.0 Å². The quantitative estimate of drug-likeness (QED) is 0.848. The van der Waals surface area contributed by atoms with E-state index in [0.717, 1.165) is 12.0 Å². The number of fused-ring (bicyclic) bond motifs is 1. The van der Waals surface area contributed by atoms with Gasteiger partial charge in [-0.15, -0.1) is 0 Å². The highest BCUT2D eigenvalue weighted by Crippen LogP contribution is 2.35. The molecule has 0 saturated heterocycles. The SMILES string of the molecule is CCS(=O)(=O)N1c2ccc(C(=O)NCCc3ccccc3)cc2C[C@H]1C. The van der Waals surface area contributed by atoms with Crippen molar-refractivity contribution in [3.8, 4) is 0 Å². The zero-order valence-electron chi connectivity index (χ0n) is 15.1. The Labute approximate surface area is 155 Å². The topological polar surface area (TPSA) is 66.5 Å². The lowest BCUT2D eigenvalue weighted by atomic mass is 10.1. The molecular formula is C20H24N2O3S. The fourth-order valence-corrected chi connectivity index (χ4v) is 4.75. The number of rotatable bonds is 6. The van der Waals surface area contributed by atoms with Crippen molar-refractivity contribution in [3.05, 3.63) is 65.2 Å². The summed E-state index contributed by atoms with van der Waals surface area (Å²) in [7, 11) is -3.31. The van der Waals surface area contributed by atoms with Gasteiger partial charge in [-0.3, -0.25) is 9.10 Å². The molecule has 0 radical (unpaired) electrons. The van der Waals surface area contributed by atoms with Crippen LogP contribution in [-0.2, 0) is 22.9 Å². The number of hydrogen-bond acceptors (Lipinski definition) is 3. The number of nitrogens with zero attached hydrogens (tertiary/aromatic N) is 1. The zero-order valence-corrected chi connectivity index (χ0v) is 15.9. The van der Waals surface area contributed by atoms with Gasteiger partial charge in [-0.1, -0.05) is 30.3 Å².